The van der Waals surface area contributed by atoms with Crippen LogP contribution in [0.2, 0.25) is 5.04 Å². The van der Waals surface area contributed by atoms with Crippen molar-refractivity contribution in [3.63, 3.8) is 0 Å². The maximum atomic E-state index is 13.7. The second-order valence-electron chi connectivity index (χ2n) is 11.8. The Balaban J connectivity index is 1.87. The maximum absolute atomic E-state index is 13.7. The summed E-state index contributed by atoms with van der Waals surface area (Å²) in [5, 5.41) is 2.91. The minimum Gasteiger partial charge on any atom is -0.405 e. The summed E-state index contributed by atoms with van der Waals surface area (Å²) in [5.41, 5.74) is 0. The Morgan fingerprint density at radius 1 is 0.762 bits per heavy atom. The first-order chi connectivity index (χ1) is 20.1. The highest BCUT2D eigenvalue weighted by atomic mass is 79.9. The third-order valence-corrected chi connectivity index (χ3v) is 14.7. The molecule has 5 nitrogen and oxygen atoms in total. The van der Waals surface area contributed by atoms with E-state index < -0.39 is 24.4 Å². The van der Waals surface area contributed by atoms with Crippen molar-refractivity contribution in [3.8, 4) is 0 Å². The van der Waals surface area contributed by atoms with E-state index in [1.807, 2.05) is 36.4 Å². The van der Waals surface area contributed by atoms with Crippen LogP contribution in [0.5, 0.6) is 0 Å². The summed E-state index contributed by atoms with van der Waals surface area (Å²) in [5.74, 6) is -0.133. The van der Waals surface area contributed by atoms with Gasteiger partial charge in [-0.25, -0.2) is 8.42 Å². The molecule has 0 bridgehead atoms. The lowest BCUT2D eigenvalue weighted by Crippen LogP contribution is -2.67. The van der Waals surface area contributed by atoms with E-state index in [0.717, 1.165) is 41.4 Å². The van der Waals surface area contributed by atoms with Crippen LogP contribution in [0.3, 0.4) is 0 Å². The predicted octanol–water partition coefficient (Wildman–Crippen LogP) is 6.99. The maximum Gasteiger partial charge on any atom is 0.261 e. The Labute approximate surface area is 262 Å². The number of nitrogens with one attached hydrogen (secondary N) is 1. The molecule has 0 amide bonds. The number of hydrogen-bond acceptors (Lipinski definition) is 4. The van der Waals surface area contributed by atoms with E-state index >= 15 is 0 Å². The molecule has 8 heteroatoms. The van der Waals surface area contributed by atoms with Crippen molar-refractivity contribution in [3.05, 3.63) is 91.0 Å². The summed E-state index contributed by atoms with van der Waals surface area (Å²) >= 11 is 3.48. The van der Waals surface area contributed by atoms with Crippen LogP contribution < -0.4 is 15.1 Å². The monoisotopic (exact) mass is 671 g/mol. The largest absolute Gasteiger partial charge is 0.405 e. The number of unbranched alkanes of at least 4 members (excludes halogenated alkanes) is 6. The molecule has 0 radical (unpaired) electrons. The molecule has 0 aliphatic carbocycles. The van der Waals surface area contributed by atoms with Crippen molar-refractivity contribution in [1.29, 1.82) is 0 Å². The molecular formula is C34H46BrNO4SSi. The summed E-state index contributed by atoms with van der Waals surface area (Å²) in [7, 11) is -6.89. The Morgan fingerprint density at radius 3 is 1.69 bits per heavy atom. The first kappa shape index (κ1) is 34.4. The molecule has 0 aromatic heterocycles. The average Bonchev–Trinajstić information content (AvgIpc) is 2.99. The van der Waals surface area contributed by atoms with Gasteiger partial charge in [0.05, 0.1) is 11.5 Å². The van der Waals surface area contributed by atoms with E-state index in [-0.39, 0.29) is 22.3 Å². The van der Waals surface area contributed by atoms with Crippen LogP contribution in [0.15, 0.2) is 95.9 Å². The third kappa shape index (κ3) is 9.45. The van der Waals surface area contributed by atoms with Crippen molar-refractivity contribution in [2.45, 2.75) is 88.1 Å². The lowest BCUT2D eigenvalue weighted by atomic mass is 10.0. The molecule has 3 aromatic rings. The molecule has 0 aliphatic rings. The van der Waals surface area contributed by atoms with Crippen molar-refractivity contribution in [2.75, 3.05) is 11.9 Å². The van der Waals surface area contributed by atoms with Gasteiger partial charge in [-0.15, -0.1) is 0 Å². The van der Waals surface area contributed by atoms with Gasteiger partial charge >= 0.3 is 0 Å². The Hall–Kier alpha value is -2.10. The zero-order valence-electron chi connectivity index (χ0n) is 25.2. The smallest absolute Gasteiger partial charge is 0.261 e. The number of sulfonamides is 1. The highest BCUT2D eigenvalue weighted by Gasteiger charge is 2.50. The lowest BCUT2D eigenvalue weighted by Gasteiger charge is -2.43. The summed E-state index contributed by atoms with van der Waals surface area (Å²) in [6.07, 6.45) is 7.84. The van der Waals surface area contributed by atoms with Crippen LogP contribution in [0.25, 0.3) is 0 Å². The number of alkyl halides is 1. The number of ketones is 1. The summed E-state index contributed by atoms with van der Waals surface area (Å²) in [6, 6.07) is 27.6. The normalized spacial score (nSPS) is 13.1. The second-order valence-corrected chi connectivity index (χ2v) is 18.7. The molecule has 3 aromatic carbocycles. The van der Waals surface area contributed by atoms with Crippen LogP contribution in [0, 0.1) is 0 Å². The first-order valence-corrected chi connectivity index (χ1v) is 19.5. The molecule has 0 heterocycles. The molecule has 228 valence electrons. The van der Waals surface area contributed by atoms with E-state index in [9.17, 15) is 13.2 Å². The summed E-state index contributed by atoms with van der Waals surface area (Å²) in [4.78, 5) is 13.8. The van der Waals surface area contributed by atoms with Gasteiger partial charge in [-0.05, 0) is 40.4 Å². The zero-order chi connectivity index (χ0) is 30.5. The zero-order valence-corrected chi connectivity index (χ0v) is 28.6. The van der Waals surface area contributed by atoms with Gasteiger partial charge in [-0.1, -0.05) is 148 Å². The number of benzene rings is 3. The SMILES string of the molecule is CC(C)(C)[Si](OCC(NS(=O)(=O)c1ccccc1)C(=O)CCCCCCCCCBr)(c1ccccc1)c1ccccc1. The van der Waals surface area contributed by atoms with Crippen LogP contribution in [0.4, 0.5) is 0 Å². The van der Waals surface area contributed by atoms with Crippen molar-refractivity contribution >= 4 is 50.4 Å². The van der Waals surface area contributed by atoms with E-state index in [0.29, 0.717) is 6.42 Å². The van der Waals surface area contributed by atoms with Gasteiger partial charge in [0, 0.05) is 11.8 Å². The molecular weight excluding hydrogens is 626 g/mol. The minimum atomic E-state index is -3.92. The quantitative estimate of drug-likeness (QED) is 0.0899. The number of carbonyl (C=O) groups excluding carboxylic acids is 1. The van der Waals surface area contributed by atoms with Crippen LogP contribution in [-0.2, 0) is 19.2 Å². The van der Waals surface area contributed by atoms with Crippen molar-refractivity contribution in [2.24, 2.45) is 0 Å². The van der Waals surface area contributed by atoms with Gasteiger partial charge in [0.15, 0.2) is 5.78 Å². The van der Waals surface area contributed by atoms with Gasteiger partial charge in [-0.3, -0.25) is 4.79 Å². The van der Waals surface area contributed by atoms with E-state index in [1.165, 1.54) is 19.3 Å². The first-order valence-electron chi connectivity index (χ1n) is 15.0. The van der Waals surface area contributed by atoms with E-state index in [4.69, 9.17) is 4.43 Å². The fraction of sp³-hybridized carbons (Fsp3) is 0.441. The highest BCUT2D eigenvalue weighted by molar-refractivity contribution is 9.09. The van der Waals surface area contributed by atoms with Gasteiger partial charge in [-0.2, -0.15) is 4.72 Å². The number of halogens is 1. The standard InChI is InChI=1S/C34H46BrNO4SSi/c1-34(2,3)42(30-22-14-10-15-23-30,31-24-16-11-17-25-31)40-28-32(36-41(38,39)29-20-12-9-13-21-29)33(37)26-18-7-5-4-6-8-19-27-35/h9-17,20-25,32,36H,4-8,18-19,26-28H2,1-3H3. The minimum absolute atomic E-state index is 0.0370. The second kappa shape index (κ2) is 16.7. The number of Topliss-reactive ketones (excluding diaryl/α,β-unsaturated/α-hetero) is 1. The molecule has 0 saturated carbocycles. The molecule has 1 atom stereocenters. The molecule has 3 rings (SSSR count). The lowest BCUT2D eigenvalue weighted by molar-refractivity contribution is -0.121. The van der Waals surface area contributed by atoms with Crippen LogP contribution in [-0.4, -0.2) is 40.5 Å². The van der Waals surface area contributed by atoms with Gasteiger partial charge < -0.3 is 4.43 Å². The number of rotatable bonds is 18. The fourth-order valence-electron chi connectivity index (χ4n) is 5.47. The molecule has 1 unspecified atom stereocenters. The summed E-state index contributed by atoms with van der Waals surface area (Å²) < 4.78 is 36.5. The molecule has 1 N–H and O–H groups in total. The molecule has 0 aliphatic heterocycles. The van der Waals surface area contributed by atoms with Gasteiger partial charge in [0.1, 0.15) is 6.04 Å². The molecule has 42 heavy (non-hydrogen) atoms. The van der Waals surface area contributed by atoms with Gasteiger partial charge in [0.25, 0.3) is 8.32 Å². The third-order valence-electron chi connectivity index (χ3n) is 7.68. The van der Waals surface area contributed by atoms with Crippen molar-refractivity contribution in [1.82, 2.24) is 4.72 Å². The Kier molecular flexibility index (Phi) is 13.6. The topological polar surface area (TPSA) is 72.5 Å². The van der Waals surface area contributed by atoms with E-state index in [2.05, 4.69) is 65.7 Å². The predicted molar refractivity (Wildman–Crippen MR) is 180 cm³/mol. The molecule has 0 saturated heterocycles. The Bertz CT molecular complexity index is 1280. The van der Waals surface area contributed by atoms with Crippen molar-refractivity contribution < 1.29 is 17.6 Å². The fourth-order valence-corrected chi connectivity index (χ4v) is 11.7. The van der Waals surface area contributed by atoms with Crippen LogP contribution in [0.1, 0.15) is 72.1 Å². The molecule has 0 fully saturated rings. The Morgan fingerprint density at radius 2 is 1.21 bits per heavy atom. The molecule has 0 spiro atoms. The summed E-state index contributed by atoms with van der Waals surface area (Å²) in [6.45, 7) is 6.47. The van der Waals surface area contributed by atoms with Gasteiger partial charge in [0.2, 0.25) is 10.0 Å². The average molecular weight is 673 g/mol. The highest BCUT2D eigenvalue weighted by Crippen LogP contribution is 2.37. The van der Waals surface area contributed by atoms with Crippen LogP contribution >= 0.6 is 15.9 Å². The number of carbonyl (C=O) groups is 1. The van der Waals surface area contributed by atoms with E-state index in [1.54, 1.807) is 30.3 Å². The number of hydrogen-bond donors (Lipinski definition) is 1.